The lowest BCUT2D eigenvalue weighted by molar-refractivity contribution is 0.452. The Morgan fingerprint density at radius 1 is 1.50 bits per heavy atom. The summed E-state index contributed by atoms with van der Waals surface area (Å²) in [7, 11) is 0. The summed E-state index contributed by atoms with van der Waals surface area (Å²) in [6, 6.07) is 3.34. The van der Waals surface area contributed by atoms with E-state index in [9.17, 15) is 0 Å². The Balaban J connectivity index is 2.86. The molecule has 0 amide bonds. The van der Waals surface area contributed by atoms with Gasteiger partial charge in [-0.2, -0.15) is 5.10 Å². The molecule has 0 atom stereocenters. The van der Waals surface area contributed by atoms with E-state index in [-0.39, 0.29) is 5.88 Å². The summed E-state index contributed by atoms with van der Waals surface area (Å²) in [6.07, 6.45) is 3.11. The fourth-order valence-corrected chi connectivity index (χ4v) is 0.819. The highest BCUT2D eigenvalue weighted by molar-refractivity contribution is 5.46. The average Bonchev–Trinajstić information content (AvgIpc) is 2.33. The van der Waals surface area contributed by atoms with Crippen LogP contribution in [0.5, 0.6) is 5.88 Å². The predicted molar refractivity (Wildman–Crippen MR) is 34.7 cm³/mol. The lowest BCUT2D eigenvalue weighted by Crippen LogP contribution is -1.86. The first-order chi connectivity index (χ1) is 4.86. The summed E-state index contributed by atoms with van der Waals surface area (Å²) in [5.41, 5.74) is 0.840. The fourth-order valence-electron chi connectivity index (χ4n) is 0.819. The molecule has 4 nitrogen and oxygen atoms in total. The number of aromatic hydroxyl groups is 1. The second kappa shape index (κ2) is 1.70. The Bertz CT molecular complexity index is 355. The predicted octanol–water partition coefficient (Wildman–Crippen LogP) is 0.435. The summed E-state index contributed by atoms with van der Waals surface area (Å²) < 4.78 is 1.58. The monoisotopic (exact) mass is 135 g/mol. The van der Waals surface area contributed by atoms with Gasteiger partial charge < -0.3 is 5.11 Å². The van der Waals surface area contributed by atoms with Crippen molar-refractivity contribution in [2.75, 3.05) is 0 Å². The Labute approximate surface area is 56.8 Å². The molecule has 2 rings (SSSR count). The maximum Gasteiger partial charge on any atom is 0.214 e. The molecular formula is C6H5N3O. The van der Waals surface area contributed by atoms with E-state index in [1.807, 2.05) is 0 Å². The quantitative estimate of drug-likeness (QED) is 0.570. The maximum absolute atomic E-state index is 8.90. The minimum Gasteiger partial charge on any atom is -0.493 e. The molecule has 0 bridgehead atoms. The Morgan fingerprint density at radius 2 is 2.40 bits per heavy atom. The topological polar surface area (TPSA) is 50.4 Å². The van der Waals surface area contributed by atoms with E-state index in [0.717, 1.165) is 5.52 Å². The number of aromatic nitrogens is 3. The van der Waals surface area contributed by atoms with E-state index < -0.39 is 0 Å². The molecule has 0 radical (unpaired) electrons. The van der Waals surface area contributed by atoms with Crippen molar-refractivity contribution in [3.63, 3.8) is 0 Å². The molecule has 2 heterocycles. The minimum absolute atomic E-state index is 0.0213. The van der Waals surface area contributed by atoms with Gasteiger partial charge in [-0.15, -0.1) is 0 Å². The molecule has 0 saturated carbocycles. The standard InChI is InChI=1S/C6H5N3O/c10-6-3-5-1-2-8-9(5)4-7-6/h1-4,10H. The van der Waals surface area contributed by atoms with Gasteiger partial charge in [0.1, 0.15) is 6.33 Å². The first kappa shape index (κ1) is 5.22. The third-order valence-corrected chi connectivity index (χ3v) is 1.28. The molecule has 10 heavy (non-hydrogen) atoms. The molecule has 0 unspecified atom stereocenters. The first-order valence-corrected chi connectivity index (χ1v) is 2.84. The molecule has 2 aromatic heterocycles. The van der Waals surface area contributed by atoms with Crippen LogP contribution in [-0.4, -0.2) is 19.7 Å². The van der Waals surface area contributed by atoms with Crippen LogP contribution in [0.25, 0.3) is 5.52 Å². The van der Waals surface area contributed by atoms with Gasteiger partial charge in [-0.1, -0.05) is 0 Å². The molecule has 0 fully saturated rings. The lowest BCUT2D eigenvalue weighted by Gasteiger charge is -1.90. The molecule has 0 aliphatic heterocycles. The number of fused-ring (bicyclic) bond motifs is 1. The van der Waals surface area contributed by atoms with Gasteiger partial charge in [-0.05, 0) is 6.07 Å². The summed E-state index contributed by atoms with van der Waals surface area (Å²) >= 11 is 0. The molecule has 0 spiro atoms. The van der Waals surface area contributed by atoms with Gasteiger partial charge in [0.15, 0.2) is 0 Å². The normalized spacial score (nSPS) is 10.4. The van der Waals surface area contributed by atoms with E-state index in [0.29, 0.717) is 0 Å². The highest BCUT2D eigenvalue weighted by Crippen LogP contribution is 2.06. The average molecular weight is 135 g/mol. The molecule has 2 aromatic rings. The van der Waals surface area contributed by atoms with Crippen molar-refractivity contribution in [3.8, 4) is 5.88 Å². The van der Waals surface area contributed by atoms with Crippen molar-refractivity contribution in [3.05, 3.63) is 24.7 Å². The van der Waals surface area contributed by atoms with E-state index in [1.54, 1.807) is 22.8 Å². The third-order valence-electron chi connectivity index (χ3n) is 1.28. The van der Waals surface area contributed by atoms with Gasteiger partial charge in [0, 0.05) is 6.07 Å². The third kappa shape index (κ3) is 0.621. The molecule has 1 N–H and O–H groups in total. The molecular weight excluding hydrogens is 130 g/mol. The number of hydrogen-bond donors (Lipinski definition) is 1. The highest BCUT2D eigenvalue weighted by Gasteiger charge is 1.93. The van der Waals surface area contributed by atoms with E-state index in [1.165, 1.54) is 6.33 Å². The fraction of sp³-hybridized carbons (Fsp3) is 0. The van der Waals surface area contributed by atoms with Crippen molar-refractivity contribution in [2.24, 2.45) is 0 Å². The van der Waals surface area contributed by atoms with Gasteiger partial charge in [0.05, 0.1) is 11.7 Å². The van der Waals surface area contributed by atoms with Crippen LogP contribution in [0.1, 0.15) is 0 Å². The van der Waals surface area contributed by atoms with Crippen LogP contribution < -0.4 is 0 Å². The highest BCUT2D eigenvalue weighted by atomic mass is 16.3. The SMILES string of the molecule is Oc1cc2ccnn2cn1. The van der Waals surface area contributed by atoms with Crippen molar-refractivity contribution >= 4 is 5.52 Å². The first-order valence-electron chi connectivity index (χ1n) is 2.84. The van der Waals surface area contributed by atoms with Crippen molar-refractivity contribution in [2.45, 2.75) is 0 Å². The van der Waals surface area contributed by atoms with E-state index >= 15 is 0 Å². The Kier molecular flexibility index (Phi) is 0.887. The second-order valence-corrected chi connectivity index (χ2v) is 1.95. The summed E-state index contributed by atoms with van der Waals surface area (Å²) in [6.45, 7) is 0. The molecule has 0 aliphatic rings. The van der Waals surface area contributed by atoms with Crippen LogP contribution in [-0.2, 0) is 0 Å². The number of nitrogens with zero attached hydrogens (tertiary/aromatic N) is 3. The zero-order chi connectivity index (χ0) is 6.97. The van der Waals surface area contributed by atoms with Gasteiger partial charge in [0.2, 0.25) is 5.88 Å². The Morgan fingerprint density at radius 3 is 3.30 bits per heavy atom. The minimum atomic E-state index is 0.0213. The molecule has 50 valence electrons. The van der Waals surface area contributed by atoms with Crippen LogP contribution in [0.4, 0.5) is 0 Å². The Hall–Kier alpha value is -1.58. The number of hydrogen-bond acceptors (Lipinski definition) is 3. The zero-order valence-electron chi connectivity index (χ0n) is 5.10. The van der Waals surface area contributed by atoms with Crippen LogP contribution in [0, 0.1) is 0 Å². The van der Waals surface area contributed by atoms with E-state index in [4.69, 9.17) is 5.11 Å². The number of rotatable bonds is 0. The van der Waals surface area contributed by atoms with Crippen LogP contribution in [0.2, 0.25) is 0 Å². The lowest BCUT2D eigenvalue weighted by atomic mass is 10.5. The van der Waals surface area contributed by atoms with E-state index in [2.05, 4.69) is 10.1 Å². The van der Waals surface area contributed by atoms with Crippen LogP contribution in [0.3, 0.4) is 0 Å². The largest absolute Gasteiger partial charge is 0.493 e. The van der Waals surface area contributed by atoms with Crippen LogP contribution in [0.15, 0.2) is 24.7 Å². The molecule has 0 saturated heterocycles. The smallest absolute Gasteiger partial charge is 0.214 e. The second-order valence-electron chi connectivity index (χ2n) is 1.95. The summed E-state index contributed by atoms with van der Waals surface area (Å²) in [5, 5.41) is 12.8. The van der Waals surface area contributed by atoms with Crippen molar-refractivity contribution in [1.82, 2.24) is 14.6 Å². The van der Waals surface area contributed by atoms with Gasteiger partial charge in [-0.3, -0.25) is 0 Å². The van der Waals surface area contributed by atoms with Gasteiger partial charge in [-0.25, -0.2) is 9.50 Å². The van der Waals surface area contributed by atoms with Gasteiger partial charge >= 0.3 is 0 Å². The molecule has 4 heteroatoms. The molecule has 0 aliphatic carbocycles. The van der Waals surface area contributed by atoms with Crippen molar-refractivity contribution in [1.29, 1.82) is 0 Å². The summed E-state index contributed by atoms with van der Waals surface area (Å²) in [4.78, 5) is 3.64. The molecule has 0 aromatic carbocycles. The van der Waals surface area contributed by atoms with Crippen LogP contribution >= 0.6 is 0 Å². The zero-order valence-corrected chi connectivity index (χ0v) is 5.10. The van der Waals surface area contributed by atoms with Gasteiger partial charge in [0.25, 0.3) is 0 Å². The maximum atomic E-state index is 8.90. The van der Waals surface area contributed by atoms with Crippen molar-refractivity contribution < 1.29 is 5.11 Å². The summed E-state index contributed by atoms with van der Waals surface area (Å²) in [5.74, 6) is 0.0213.